The summed E-state index contributed by atoms with van der Waals surface area (Å²) in [5, 5.41) is 3.48. The molecule has 0 saturated heterocycles. The van der Waals surface area contributed by atoms with E-state index in [0.29, 0.717) is 34.5 Å². The van der Waals surface area contributed by atoms with Crippen LogP contribution < -0.4 is 10.1 Å². The number of anilines is 1. The number of hydrogen-bond acceptors (Lipinski definition) is 4. The van der Waals surface area contributed by atoms with Gasteiger partial charge in [-0.3, -0.25) is 9.59 Å². The molecule has 2 aromatic carbocycles. The molecule has 0 fully saturated rings. The van der Waals surface area contributed by atoms with Gasteiger partial charge in [-0.25, -0.2) is 0 Å². The van der Waals surface area contributed by atoms with Gasteiger partial charge in [-0.1, -0.05) is 35.9 Å². The second-order valence-electron chi connectivity index (χ2n) is 5.78. The van der Waals surface area contributed by atoms with Crippen molar-refractivity contribution in [2.45, 2.75) is 12.7 Å². The van der Waals surface area contributed by atoms with Gasteiger partial charge in [0.25, 0.3) is 0 Å². The van der Waals surface area contributed by atoms with Gasteiger partial charge in [-0.05, 0) is 36.8 Å². The maximum absolute atomic E-state index is 12.4. The Labute approximate surface area is 169 Å². The number of amides is 2. The van der Waals surface area contributed by atoms with Crippen LogP contribution in [-0.4, -0.2) is 42.7 Å². The number of para-hydroxylation sites is 2. The molecule has 7 heteroatoms. The Morgan fingerprint density at radius 3 is 2.52 bits per heavy atom. The van der Waals surface area contributed by atoms with Crippen molar-refractivity contribution in [2.24, 2.45) is 0 Å². The summed E-state index contributed by atoms with van der Waals surface area (Å²) in [5.41, 5.74) is 1.69. The normalized spacial score (nSPS) is 10.3. The van der Waals surface area contributed by atoms with Crippen molar-refractivity contribution < 1.29 is 14.3 Å². The van der Waals surface area contributed by atoms with Crippen molar-refractivity contribution in [3.63, 3.8) is 0 Å². The first-order chi connectivity index (χ1) is 13.0. The van der Waals surface area contributed by atoms with Crippen molar-refractivity contribution in [1.82, 2.24) is 4.90 Å². The van der Waals surface area contributed by atoms with Crippen LogP contribution in [-0.2, 0) is 15.3 Å². The van der Waals surface area contributed by atoms with Crippen LogP contribution in [0.3, 0.4) is 0 Å². The molecule has 2 rings (SSSR count). The minimum absolute atomic E-state index is 0.00882. The zero-order valence-corrected chi connectivity index (χ0v) is 17.0. The molecule has 0 heterocycles. The average Bonchev–Trinajstić information content (AvgIpc) is 2.68. The summed E-state index contributed by atoms with van der Waals surface area (Å²) in [7, 11) is 1.55. The second kappa shape index (κ2) is 10.8. The van der Waals surface area contributed by atoms with Crippen LogP contribution in [0.25, 0.3) is 0 Å². The molecule has 0 radical (unpaired) electrons. The van der Waals surface area contributed by atoms with Gasteiger partial charge in [0.05, 0.1) is 25.1 Å². The van der Waals surface area contributed by atoms with E-state index in [1.54, 1.807) is 24.1 Å². The standard InChI is InChI=1S/C20H23ClN2O3S/c1-3-23(12-19(24)22-17-6-4-5-7-18(17)26-2)20(25)14-27-13-15-8-10-16(21)11-9-15/h4-11H,3,12-14H2,1-2H3,(H,22,24). The van der Waals surface area contributed by atoms with Crippen molar-refractivity contribution in [3.8, 4) is 5.75 Å². The van der Waals surface area contributed by atoms with E-state index in [4.69, 9.17) is 16.3 Å². The maximum atomic E-state index is 12.4. The maximum Gasteiger partial charge on any atom is 0.244 e. The highest BCUT2D eigenvalue weighted by Gasteiger charge is 2.16. The number of benzene rings is 2. The first kappa shape index (κ1) is 21.1. The predicted molar refractivity (Wildman–Crippen MR) is 111 cm³/mol. The van der Waals surface area contributed by atoms with E-state index in [1.165, 1.54) is 11.8 Å². The number of nitrogens with zero attached hydrogens (tertiary/aromatic N) is 1. The Kier molecular flexibility index (Phi) is 8.48. The number of ether oxygens (including phenoxy) is 1. The third kappa shape index (κ3) is 6.81. The Morgan fingerprint density at radius 2 is 1.85 bits per heavy atom. The van der Waals surface area contributed by atoms with E-state index >= 15 is 0 Å². The summed E-state index contributed by atoms with van der Waals surface area (Å²) in [5.74, 6) is 1.30. The molecule has 0 saturated carbocycles. The van der Waals surface area contributed by atoms with Gasteiger partial charge in [0.1, 0.15) is 5.75 Å². The highest BCUT2D eigenvalue weighted by molar-refractivity contribution is 7.99. The first-order valence-electron chi connectivity index (χ1n) is 8.56. The summed E-state index contributed by atoms with van der Waals surface area (Å²) in [6.07, 6.45) is 0. The van der Waals surface area contributed by atoms with Gasteiger partial charge in [-0.2, -0.15) is 0 Å². The number of methoxy groups -OCH3 is 1. The molecule has 0 aliphatic carbocycles. The summed E-state index contributed by atoms with van der Waals surface area (Å²) in [4.78, 5) is 26.3. The van der Waals surface area contributed by atoms with Crippen LogP contribution >= 0.6 is 23.4 Å². The molecule has 144 valence electrons. The molecular formula is C20H23ClN2O3S. The lowest BCUT2D eigenvalue weighted by atomic mass is 10.2. The van der Waals surface area contributed by atoms with Gasteiger partial charge in [0.15, 0.2) is 0 Å². The van der Waals surface area contributed by atoms with Crippen molar-refractivity contribution >= 4 is 40.9 Å². The van der Waals surface area contributed by atoms with Gasteiger partial charge < -0.3 is 15.0 Å². The SMILES string of the molecule is CCN(CC(=O)Nc1ccccc1OC)C(=O)CSCc1ccc(Cl)cc1. The van der Waals surface area contributed by atoms with Crippen LogP contribution in [0.5, 0.6) is 5.75 Å². The Morgan fingerprint density at radius 1 is 1.15 bits per heavy atom. The Bertz CT molecular complexity index is 768. The molecule has 2 amide bonds. The van der Waals surface area contributed by atoms with E-state index in [1.807, 2.05) is 43.3 Å². The fraction of sp³-hybridized carbons (Fsp3) is 0.300. The van der Waals surface area contributed by atoms with Crippen LogP contribution in [0.15, 0.2) is 48.5 Å². The van der Waals surface area contributed by atoms with Gasteiger partial charge in [0, 0.05) is 17.3 Å². The minimum Gasteiger partial charge on any atom is -0.495 e. The molecule has 0 bridgehead atoms. The fourth-order valence-electron chi connectivity index (χ4n) is 2.42. The van der Waals surface area contributed by atoms with Gasteiger partial charge in [-0.15, -0.1) is 11.8 Å². The molecule has 1 N–H and O–H groups in total. The summed E-state index contributed by atoms with van der Waals surface area (Å²) < 4.78 is 5.22. The lowest BCUT2D eigenvalue weighted by molar-refractivity contribution is -0.132. The summed E-state index contributed by atoms with van der Waals surface area (Å²) in [6.45, 7) is 2.34. The number of carbonyl (C=O) groups excluding carboxylic acids is 2. The fourth-order valence-corrected chi connectivity index (χ4v) is 3.43. The van der Waals surface area contributed by atoms with Gasteiger partial charge >= 0.3 is 0 Å². The Hall–Kier alpha value is -2.18. The second-order valence-corrected chi connectivity index (χ2v) is 7.20. The largest absolute Gasteiger partial charge is 0.495 e. The number of carbonyl (C=O) groups is 2. The predicted octanol–water partition coefficient (Wildman–Crippen LogP) is 4.07. The molecule has 0 aromatic heterocycles. The van der Waals surface area contributed by atoms with Crippen LogP contribution in [0.1, 0.15) is 12.5 Å². The molecule has 0 aliphatic heterocycles. The molecule has 0 unspecified atom stereocenters. The number of halogens is 1. The molecule has 5 nitrogen and oxygen atoms in total. The average molecular weight is 407 g/mol. The zero-order chi connectivity index (χ0) is 19.6. The molecule has 0 spiro atoms. The topological polar surface area (TPSA) is 58.6 Å². The molecular weight excluding hydrogens is 384 g/mol. The highest BCUT2D eigenvalue weighted by Crippen LogP contribution is 2.23. The lowest BCUT2D eigenvalue weighted by Gasteiger charge is -2.20. The minimum atomic E-state index is -0.252. The number of thioether (sulfide) groups is 1. The van der Waals surface area contributed by atoms with E-state index in [2.05, 4.69) is 5.32 Å². The first-order valence-corrected chi connectivity index (χ1v) is 10.1. The monoisotopic (exact) mass is 406 g/mol. The lowest BCUT2D eigenvalue weighted by Crippen LogP contribution is -2.38. The number of likely N-dealkylation sites (N-methyl/N-ethyl adjacent to an activating group) is 1. The van der Waals surface area contributed by atoms with Crippen LogP contribution in [0.4, 0.5) is 5.69 Å². The summed E-state index contributed by atoms with van der Waals surface area (Å²) in [6, 6.07) is 14.7. The van der Waals surface area contributed by atoms with Crippen molar-refractivity contribution in [2.75, 3.05) is 31.3 Å². The van der Waals surface area contributed by atoms with Crippen LogP contribution in [0, 0.1) is 0 Å². The Balaban J connectivity index is 1.83. The van der Waals surface area contributed by atoms with E-state index < -0.39 is 0 Å². The van der Waals surface area contributed by atoms with E-state index in [9.17, 15) is 9.59 Å². The number of nitrogens with one attached hydrogen (secondary N) is 1. The number of hydrogen-bond donors (Lipinski definition) is 1. The third-order valence-corrected chi connectivity index (χ3v) is 5.10. The van der Waals surface area contributed by atoms with Crippen LogP contribution in [0.2, 0.25) is 5.02 Å². The highest BCUT2D eigenvalue weighted by atomic mass is 35.5. The van der Waals surface area contributed by atoms with Crippen molar-refractivity contribution in [3.05, 3.63) is 59.1 Å². The quantitative estimate of drug-likeness (QED) is 0.682. The van der Waals surface area contributed by atoms with E-state index in [-0.39, 0.29) is 18.4 Å². The molecule has 0 atom stereocenters. The smallest absolute Gasteiger partial charge is 0.244 e. The van der Waals surface area contributed by atoms with Crippen molar-refractivity contribution in [1.29, 1.82) is 0 Å². The van der Waals surface area contributed by atoms with Gasteiger partial charge in [0.2, 0.25) is 11.8 Å². The molecule has 27 heavy (non-hydrogen) atoms. The molecule has 0 aliphatic rings. The number of rotatable bonds is 9. The molecule has 2 aromatic rings. The third-order valence-electron chi connectivity index (χ3n) is 3.86. The van der Waals surface area contributed by atoms with E-state index in [0.717, 1.165) is 5.56 Å². The zero-order valence-electron chi connectivity index (χ0n) is 15.4. The summed E-state index contributed by atoms with van der Waals surface area (Å²) >= 11 is 7.38.